The Bertz CT molecular complexity index is 577. The second kappa shape index (κ2) is 7.66. The van der Waals surface area contributed by atoms with Crippen LogP contribution in [0.5, 0.6) is 17.2 Å². The smallest absolute Gasteiger partial charge is 0.203 e. The number of aromatic nitrogens is 1. The monoisotopic (exact) mass is 415 g/mol. The van der Waals surface area contributed by atoms with Gasteiger partial charge < -0.3 is 14.2 Å². The summed E-state index contributed by atoms with van der Waals surface area (Å²) in [5.41, 5.74) is 1.88. The first kappa shape index (κ1) is 16.1. The van der Waals surface area contributed by atoms with Crippen molar-refractivity contribution in [1.82, 2.24) is 4.98 Å². The molecule has 0 unspecified atom stereocenters. The molecule has 0 aliphatic carbocycles. The normalized spacial score (nSPS) is 10.3. The Morgan fingerprint density at radius 1 is 1.10 bits per heavy atom. The molecule has 21 heavy (non-hydrogen) atoms. The molecule has 0 atom stereocenters. The average molecular weight is 417 g/mol. The molecular formula is C15H15Br2NO3. The topological polar surface area (TPSA) is 40.6 Å². The van der Waals surface area contributed by atoms with E-state index in [4.69, 9.17) is 14.2 Å². The van der Waals surface area contributed by atoms with Crippen LogP contribution < -0.4 is 14.2 Å². The fourth-order valence-electron chi connectivity index (χ4n) is 1.79. The van der Waals surface area contributed by atoms with Gasteiger partial charge in [0.05, 0.1) is 19.9 Å². The van der Waals surface area contributed by atoms with Crippen molar-refractivity contribution in [3.8, 4) is 17.2 Å². The van der Waals surface area contributed by atoms with Gasteiger partial charge in [0.2, 0.25) is 5.75 Å². The Labute approximate surface area is 140 Å². The highest BCUT2D eigenvalue weighted by Gasteiger charge is 2.14. The number of hydrogen-bond acceptors (Lipinski definition) is 4. The van der Waals surface area contributed by atoms with Crippen molar-refractivity contribution in [2.45, 2.75) is 11.9 Å². The largest absolute Gasteiger partial charge is 0.493 e. The van der Waals surface area contributed by atoms with Crippen LogP contribution >= 0.6 is 31.9 Å². The molecule has 0 bridgehead atoms. The minimum absolute atomic E-state index is 0.341. The highest BCUT2D eigenvalue weighted by molar-refractivity contribution is 9.10. The number of methoxy groups -OCH3 is 2. The van der Waals surface area contributed by atoms with E-state index in [1.54, 1.807) is 20.4 Å². The number of nitrogens with zero attached hydrogens (tertiary/aromatic N) is 1. The van der Waals surface area contributed by atoms with Gasteiger partial charge in [-0.15, -0.1) is 0 Å². The Morgan fingerprint density at radius 2 is 1.76 bits per heavy atom. The highest BCUT2D eigenvalue weighted by atomic mass is 79.9. The van der Waals surface area contributed by atoms with Gasteiger partial charge in [0.15, 0.2) is 11.5 Å². The molecule has 0 spiro atoms. The van der Waals surface area contributed by atoms with Crippen LogP contribution in [-0.4, -0.2) is 19.2 Å². The van der Waals surface area contributed by atoms with Crippen LogP contribution in [0.2, 0.25) is 0 Å². The number of halogens is 2. The molecule has 0 fully saturated rings. The lowest BCUT2D eigenvalue weighted by Gasteiger charge is -2.15. The van der Waals surface area contributed by atoms with E-state index in [2.05, 4.69) is 36.8 Å². The van der Waals surface area contributed by atoms with Gasteiger partial charge in [-0.1, -0.05) is 15.9 Å². The molecule has 2 aromatic rings. The van der Waals surface area contributed by atoms with Crippen molar-refractivity contribution in [2.75, 3.05) is 14.2 Å². The molecule has 0 saturated heterocycles. The fraction of sp³-hybridized carbons (Fsp3) is 0.267. The van der Waals surface area contributed by atoms with E-state index in [0.717, 1.165) is 15.7 Å². The number of benzene rings is 1. The van der Waals surface area contributed by atoms with Crippen LogP contribution in [0.1, 0.15) is 11.3 Å². The first-order valence-electron chi connectivity index (χ1n) is 6.22. The summed E-state index contributed by atoms with van der Waals surface area (Å²) in [4.78, 5) is 4.28. The number of rotatable bonds is 6. The fourth-order valence-corrected chi connectivity index (χ4v) is 2.35. The highest BCUT2D eigenvalue weighted by Crippen LogP contribution is 2.39. The number of ether oxygens (including phenoxy) is 3. The van der Waals surface area contributed by atoms with Gasteiger partial charge in [-0.2, -0.15) is 0 Å². The molecule has 112 valence electrons. The van der Waals surface area contributed by atoms with Crippen LogP contribution in [0.4, 0.5) is 0 Å². The van der Waals surface area contributed by atoms with Gasteiger partial charge in [0.25, 0.3) is 0 Å². The van der Waals surface area contributed by atoms with E-state index in [-0.39, 0.29) is 0 Å². The van der Waals surface area contributed by atoms with E-state index in [0.29, 0.717) is 29.2 Å². The summed E-state index contributed by atoms with van der Waals surface area (Å²) < 4.78 is 17.5. The first-order chi connectivity index (χ1) is 10.2. The number of alkyl halides is 1. The van der Waals surface area contributed by atoms with Gasteiger partial charge in [0.1, 0.15) is 6.61 Å². The lowest BCUT2D eigenvalue weighted by Crippen LogP contribution is -2.02. The predicted molar refractivity (Wildman–Crippen MR) is 88.4 cm³/mol. The summed E-state index contributed by atoms with van der Waals surface area (Å²) in [6, 6.07) is 7.66. The third kappa shape index (κ3) is 4.11. The minimum Gasteiger partial charge on any atom is -0.493 e. The van der Waals surface area contributed by atoms with Crippen LogP contribution in [0.25, 0.3) is 0 Å². The molecule has 0 radical (unpaired) electrons. The van der Waals surface area contributed by atoms with E-state index in [1.165, 1.54) is 0 Å². The summed E-state index contributed by atoms with van der Waals surface area (Å²) in [5, 5.41) is 0.717. The maximum absolute atomic E-state index is 5.83. The predicted octanol–water partition coefficient (Wildman–Crippen LogP) is 4.34. The van der Waals surface area contributed by atoms with E-state index >= 15 is 0 Å². The summed E-state index contributed by atoms with van der Waals surface area (Å²) >= 11 is 6.78. The zero-order valence-electron chi connectivity index (χ0n) is 11.7. The van der Waals surface area contributed by atoms with Crippen LogP contribution in [0.15, 0.2) is 34.9 Å². The van der Waals surface area contributed by atoms with E-state index in [1.807, 2.05) is 24.3 Å². The molecule has 0 aliphatic heterocycles. The van der Waals surface area contributed by atoms with Crippen LogP contribution in [0.3, 0.4) is 0 Å². The molecule has 0 aliphatic rings. The Balaban J connectivity index is 2.23. The molecule has 0 amide bonds. The third-order valence-corrected chi connectivity index (χ3v) is 3.94. The lowest BCUT2D eigenvalue weighted by atomic mass is 10.2. The van der Waals surface area contributed by atoms with Crippen molar-refractivity contribution in [3.05, 3.63) is 46.2 Å². The van der Waals surface area contributed by atoms with Crippen molar-refractivity contribution in [2.24, 2.45) is 0 Å². The van der Waals surface area contributed by atoms with Crippen LogP contribution in [0, 0.1) is 0 Å². The summed E-state index contributed by atoms with van der Waals surface area (Å²) in [7, 11) is 3.22. The maximum Gasteiger partial charge on any atom is 0.203 e. The van der Waals surface area contributed by atoms with Crippen molar-refractivity contribution < 1.29 is 14.2 Å². The molecule has 4 nitrogen and oxygen atoms in total. The molecule has 2 rings (SSSR count). The van der Waals surface area contributed by atoms with Gasteiger partial charge in [-0.05, 0) is 45.8 Å². The maximum atomic E-state index is 5.83. The molecular weight excluding hydrogens is 402 g/mol. The average Bonchev–Trinajstić information content (AvgIpc) is 2.53. The number of pyridine rings is 1. The summed E-state index contributed by atoms with van der Waals surface area (Å²) in [5.74, 6) is 1.86. The van der Waals surface area contributed by atoms with Crippen molar-refractivity contribution in [1.29, 1.82) is 0 Å². The third-order valence-electron chi connectivity index (χ3n) is 2.83. The van der Waals surface area contributed by atoms with E-state index in [9.17, 15) is 0 Å². The molecule has 0 N–H and O–H groups in total. The van der Waals surface area contributed by atoms with Gasteiger partial charge in [0, 0.05) is 16.0 Å². The summed E-state index contributed by atoms with van der Waals surface area (Å²) in [6.07, 6.45) is 1.74. The lowest BCUT2D eigenvalue weighted by molar-refractivity contribution is 0.262. The van der Waals surface area contributed by atoms with Crippen molar-refractivity contribution in [3.63, 3.8) is 0 Å². The Morgan fingerprint density at radius 3 is 2.24 bits per heavy atom. The Hall–Kier alpha value is -1.27. The SMILES string of the molecule is COc1cc(CBr)cc(OC)c1OCc1ccc(Br)cn1. The van der Waals surface area contributed by atoms with Crippen LogP contribution in [-0.2, 0) is 11.9 Å². The van der Waals surface area contributed by atoms with Gasteiger partial charge in [-0.25, -0.2) is 0 Å². The number of hydrogen-bond donors (Lipinski definition) is 0. The van der Waals surface area contributed by atoms with E-state index < -0.39 is 0 Å². The second-order valence-corrected chi connectivity index (χ2v) is 5.70. The molecule has 1 heterocycles. The molecule has 6 heteroatoms. The molecule has 1 aromatic carbocycles. The summed E-state index contributed by atoms with van der Waals surface area (Å²) in [6.45, 7) is 0.341. The standard InChI is InChI=1S/C15H15Br2NO3/c1-19-13-5-10(7-16)6-14(20-2)15(13)21-9-12-4-3-11(17)8-18-12/h3-6,8H,7,9H2,1-2H3. The van der Waals surface area contributed by atoms with Gasteiger partial charge >= 0.3 is 0 Å². The second-order valence-electron chi connectivity index (χ2n) is 4.22. The zero-order valence-corrected chi connectivity index (χ0v) is 14.9. The quantitative estimate of drug-likeness (QED) is 0.657. The molecule has 1 aromatic heterocycles. The first-order valence-corrected chi connectivity index (χ1v) is 8.13. The Kier molecular flexibility index (Phi) is 5.87. The molecule has 0 saturated carbocycles. The zero-order chi connectivity index (χ0) is 15.2. The van der Waals surface area contributed by atoms with Crippen molar-refractivity contribution >= 4 is 31.9 Å². The van der Waals surface area contributed by atoms with Gasteiger partial charge in [-0.3, -0.25) is 4.98 Å². The minimum atomic E-state index is 0.341.